The Labute approximate surface area is 185 Å². The van der Waals surface area contributed by atoms with Crippen LogP contribution in [-0.4, -0.2) is 12.6 Å². The number of rotatable bonds is 9. The summed E-state index contributed by atoms with van der Waals surface area (Å²) >= 11 is 0. The average Bonchev–Trinajstić information content (AvgIpc) is 3.28. The molecule has 3 aromatic rings. The number of carbonyl (C=O) groups is 1. The van der Waals surface area contributed by atoms with Gasteiger partial charge in [0.15, 0.2) is 0 Å². The Hall–Kier alpha value is -3.05. The molecule has 31 heavy (non-hydrogen) atoms. The maximum atomic E-state index is 12.9. The van der Waals surface area contributed by atoms with Gasteiger partial charge in [-0.3, -0.25) is 0 Å². The van der Waals surface area contributed by atoms with E-state index < -0.39 is 0 Å². The van der Waals surface area contributed by atoms with Crippen molar-refractivity contribution in [2.24, 2.45) is 0 Å². The van der Waals surface area contributed by atoms with Gasteiger partial charge in [-0.25, -0.2) is 4.79 Å². The van der Waals surface area contributed by atoms with Crippen LogP contribution < -0.4 is 16.0 Å². The van der Waals surface area contributed by atoms with E-state index in [2.05, 4.69) is 74.0 Å². The molecule has 0 saturated carbocycles. The second-order valence-electron chi connectivity index (χ2n) is 8.43. The minimum atomic E-state index is -0.193. The van der Waals surface area contributed by atoms with Gasteiger partial charge < -0.3 is 20.4 Å². The van der Waals surface area contributed by atoms with Crippen LogP contribution in [0.1, 0.15) is 67.8 Å². The molecule has 3 N–H and O–H groups in total. The molecule has 164 valence electrons. The van der Waals surface area contributed by atoms with Crippen molar-refractivity contribution in [3.63, 3.8) is 0 Å². The first-order valence-corrected chi connectivity index (χ1v) is 10.9. The van der Waals surface area contributed by atoms with Crippen LogP contribution in [0.4, 0.5) is 10.5 Å². The van der Waals surface area contributed by atoms with Crippen molar-refractivity contribution in [3.05, 3.63) is 89.4 Å². The molecule has 0 unspecified atom stereocenters. The average molecular weight is 420 g/mol. The van der Waals surface area contributed by atoms with Crippen LogP contribution in [0.3, 0.4) is 0 Å². The largest absolute Gasteiger partial charge is 0.472 e. The van der Waals surface area contributed by atoms with Crippen molar-refractivity contribution in [2.75, 3.05) is 11.9 Å². The molecule has 1 atom stereocenters. The first-order valence-electron chi connectivity index (χ1n) is 10.9. The van der Waals surface area contributed by atoms with Crippen LogP contribution in [0.15, 0.2) is 71.5 Å². The van der Waals surface area contributed by atoms with E-state index in [1.54, 1.807) is 12.5 Å². The molecule has 0 saturated heterocycles. The summed E-state index contributed by atoms with van der Waals surface area (Å²) in [5.74, 6) is 0.644. The maximum Gasteiger partial charge on any atom is 0.319 e. The van der Waals surface area contributed by atoms with Gasteiger partial charge in [-0.05, 0) is 34.6 Å². The normalized spacial score (nSPS) is 12.2. The Kier molecular flexibility index (Phi) is 7.90. The molecular formula is C26H33N3O2. The molecule has 0 fully saturated rings. The maximum absolute atomic E-state index is 12.9. The Bertz CT molecular complexity index is 924. The Morgan fingerprint density at radius 1 is 0.903 bits per heavy atom. The minimum Gasteiger partial charge on any atom is -0.472 e. The fraction of sp³-hybridized carbons (Fsp3) is 0.346. The number of carbonyl (C=O) groups excluding carboxylic acids is 1. The highest BCUT2D eigenvalue weighted by molar-refractivity contribution is 5.91. The van der Waals surface area contributed by atoms with Crippen LogP contribution in [0, 0.1) is 0 Å². The molecule has 2 amide bonds. The Balaban J connectivity index is 1.70. The second kappa shape index (κ2) is 10.8. The van der Waals surface area contributed by atoms with Crippen LogP contribution in [-0.2, 0) is 6.54 Å². The molecule has 5 heteroatoms. The van der Waals surface area contributed by atoms with E-state index in [-0.39, 0.29) is 12.1 Å². The summed E-state index contributed by atoms with van der Waals surface area (Å²) < 4.78 is 5.16. The van der Waals surface area contributed by atoms with Crippen molar-refractivity contribution >= 4 is 11.7 Å². The molecule has 0 spiro atoms. The zero-order chi connectivity index (χ0) is 22.2. The SMILES string of the molecule is CC(C)c1cccc(C(C)C)c1NC(=O)NC[C@H](NCc1ccoc1)c1ccccc1. The van der Waals surface area contributed by atoms with Crippen LogP contribution in [0.2, 0.25) is 0 Å². The van der Waals surface area contributed by atoms with Crippen LogP contribution >= 0.6 is 0 Å². The van der Waals surface area contributed by atoms with Crippen molar-refractivity contribution in [1.82, 2.24) is 10.6 Å². The fourth-order valence-corrected chi connectivity index (χ4v) is 3.68. The van der Waals surface area contributed by atoms with E-state index in [0.29, 0.717) is 24.9 Å². The van der Waals surface area contributed by atoms with Gasteiger partial charge in [0.25, 0.3) is 0 Å². The van der Waals surface area contributed by atoms with E-state index in [1.807, 2.05) is 24.3 Å². The molecule has 3 rings (SSSR count). The number of amides is 2. The monoisotopic (exact) mass is 419 g/mol. The van der Waals surface area contributed by atoms with Gasteiger partial charge in [-0.1, -0.05) is 76.2 Å². The third kappa shape index (κ3) is 6.22. The summed E-state index contributed by atoms with van der Waals surface area (Å²) in [5, 5.41) is 9.70. The first kappa shape index (κ1) is 22.6. The van der Waals surface area contributed by atoms with E-state index in [1.165, 1.54) is 0 Å². The smallest absolute Gasteiger partial charge is 0.319 e. The van der Waals surface area contributed by atoms with Gasteiger partial charge in [0.1, 0.15) is 0 Å². The van der Waals surface area contributed by atoms with Crippen molar-refractivity contribution in [3.8, 4) is 0 Å². The van der Waals surface area contributed by atoms with E-state index in [9.17, 15) is 4.79 Å². The van der Waals surface area contributed by atoms with E-state index in [4.69, 9.17) is 4.42 Å². The molecule has 1 heterocycles. The predicted octanol–water partition coefficient (Wildman–Crippen LogP) is 6.18. The lowest BCUT2D eigenvalue weighted by atomic mass is 9.93. The lowest BCUT2D eigenvalue weighted by molar-refractivity contribution is 0.250. The van der Waals surface area contributed by atoms with Gasteiger partial charge in [0, 0.05) is 30.4 Å². The number of hydrogen-bond acceptors (Lipinski definition) is 3. The van der Waals surface area contributed by atoms with Crippen molar-refractivity contribution in [1.29, 1.82) is 0 Å². The zero-order valence-corrected chi connectivity index (χ0v) is 18.8. The first-order chi connectivity index (χ1) is 15.0. The molecule has 0 aliphatic heterocycles. The quantitative estimate of drug-likeness (QED) is 0.388. The zero-order valence-electron chi connectivity index (χ0n) is 18.8. The number of para-hydroxylation sites is 1. The van der Waals surface area contributed by atoms with Gasteiger partial charge in [0.2, 0.25) is 0 Å². The lowest BCUT2D eigenvalue weighted by Crippen LogP contribution is -2.37. The highest BCUT2D eigenvalue weighted by atomic mass is 16.3. The third-order valence-corrected chi connectivity index (χ3v) is 5.41. The number of nitrogens with one attached hydrogen (secondary N) is 3. The highest BCUT2D eigenvalue weighted by Crippen LogP contribution is 2.32. The third-order valence-electron chi connectivity index (χ3n) is 5.41. The van der Waals surface area contributed by atoms with E-state index >= 15 is 0 Å². The molecule has 0 radical (unpaired) electrons. The number of hydrogen-bond donors (Lipinski definition) is 3. The predicted molar refractivity (Wildman–Crippen MR) is 126 cm³/mol. The van der Waals surface area contributed by atoms with Gasteiger partial charge in [-0.2, -0.15) is 0 Å². The summed E-state index contributed by atoms with van der Waals surface area (Å²) in [6.45, 7) is 9.71. The summed E-state index contributed by atoms with van der Waals surface area (Å²) in [7, 11) is 0. The summed E-state index contributed by atoms with van der Waals surface area (Å²) in [6.07, 6.45) is 3.39. The molecule has 0 bridgehead atoms. The van der Waals surface area contributed by atoms with Crippen LogP contribution in [0.5, 0.6) is 0 Å². The molecule has 0 aliphatic rings. The van der Waals surface area contributed by atoms with Crippen molar-refractivity contribution < 1.29 is 9.21 Å². The minimum absolute atomic E-state index is 0.0215. The van der Waals surface area contributed by atoms with Crippen LogP contribution in [0.25, 0.3) is 0 Å². The second-order valence-corrected chi connectivity index (χ2v) is 8.43. The standard InChI is InChI=1S/C26H33N3O2/c1-18(2)22-11-8-12-23(19(3)4)25(22)29-26(30)28-16-24(21-9-6-5-7-10-21)27-15-20-13-14-31-17-20/h5-14,17-19,24,27H,15-16H2,1-4H3,(H2,28,29,30)/t24-/m0/s1. The summed E-state index contributed by atoms with van der Waals surface area (Å²) in [4.78, 5) is 12.9. The Morgan fingerprint density at radius 2 is 1.58 bits per heavy atom. The topological polar surface area (TPSA) is 66.3 Å². The number of urea groups is 1. The number of benzene rings is 2. The van der Waals surface area contributed by atoms with Crippen molar-refractivity contribution in [2.45, 2.75) is 52.1 Å². The highest BCUT2D eigenvalue weighted by Gasteiger charge is 2.17. The van der Waals surface area contributed by atoms with E-state index in [0.717, 1.165) is 27.9 Å². The number of furan rings is 1. The molecule has 5 nitrogen and oxygen atoms in total. The lowest BCUT2D eigenvalue weighted by Gasteiger charge is -2.22. The summed E-state index contributed by atoms with van der Waals surface area (Å²) in [5.41, 5.74) is 5.42. The van der Waals surface area contributed by atoms with Gasteiger partial charge >= 0.3 is 6.03 Å². The molecule has 1 aromatic heterocycles. The fourth-order valence-electron chi connectivity index (χ4n) is 3.68. The molecule has 2 aromatic carbocycles. The Morgan fingerprint density at radius 3 is 2.16 bits per heavy atom. The summed E-state index contributed by atoms with van der Waals surface area (Å²) in [6, 6.07) is 18.1. The molecule has 0 aliphatic carbocycles. The molecular weight excluding hydrogens is 386 g/mol. The number of anilines is 1. The van der Waals surface area contributed by atoms with Gasteiger partial charge in [-0.15, -0.1) is 0 Å². The van der Waals surface area contributed by atoms with Gasteiger partial charge in [0.05, 0.1) is 12.5 Å².